The molecule has 0 aromatic heterocycles. The van der Waals surface area contributed by atoms with Gasteiger partial charge in [0.05, 0.1) is 0 Å². The predicted molar refractivity (Wildman–Crippen MR) is 54.7 cm³/mol. The van der Waals surface area contributed by atoms with Gasteiger partial charge < -0.3 is 10.4 Å². The van der Waals surface area contributed by atoms with E-state index in [9.17, 15) is 4.79 Å². The van der Waals surface area contributed by atoms with Crippen LogP contribution in [0.3, 0.4) is 0 Å². The molecular formula is C9H17NO2S. The lowest BCUT2D eigenvalue weighted by Crippen LogP contribution is -2.37. The molecule has 1 amide bonds. The molecule has 0 radical (unpaired) electrons. The van der Waals surface area contributed by atoms with Crippen molar-refractivity contribution in [2.45, 2.75) is 25.8 Å². The zero-order chi connectivity index (χ0) is 9.68. The fourth-order valence-corrected chi connectivity index (χ4v) is 2.59. The minimum absolute atomic E-state index is 0.100. The molecule has 0 aromatic rings. The topological polar surface area (TPSA) is 49.3 Å². The van der Waals surface area contributed by atoms with Gasteiger partial charge in [-0.1, -0.05) is 0 Å². The van der Waals surface area contributed by atoms with Crippen molar-refractivity contribution >= 4 is 17.7 Å². The van der Waals surface area contributed by atoms with E-state index in [1.54, 1.807) is 0 Å². The summed E-state index contributed by atoms with van der Waals surface area (Å²) in [5.41, 5.74) is 0. The minimum atomic E-state index is 0.100. The normalized spacial score (nSPS) is 24.3. The number of thioether (sulfide) groups is 1. The maximum atomic E-state index is 11.5. The first-order valence-electron chi connectivity index (χ1n) is 4.73. The number of nitrogens with one attached hydrogen (secondary N) is 1. The lowest BCUT2D eigenvalue weighted by Gasteiger charge is -2.15. The maximum Gasteiger partial charge on any atom is 0.224 e. The number of carbonyl (C=O) groups is 1. The molecule has 1 fully saturated rings. The van der Waals surface area contributed by atoms with Crippen molar-refractivity contribution in [1.82, 2.24) is 5.32 Å². The molecule has 0 spiro atoms. The Balaban J connectivity index is 2.23. The smallest absolute Gasteiger partial charge is 0.224 e. The van der Waals surface area contributed by atoms with Crippen LogP contribution in [0.15, 0.2) is 0 Å². The molecule has 0 aromatic carbocycles. The quantitative estimate of drug-likeness (QED) is 0.704. The largest absolute Gasteiger partial charge is 0.396 e. The van der Waals surface area contributed by atoms with E-state index in [4.69, 9.17) is 5.11 Å². The maximum absolute atomic E-state index is 11.5. The number of aliphatic hydroxyl groups is 1. The van der Waals surface area contributed by atoms with Crippen LogP contribution in [0, 0.1) is 5.92 Å². The number of amides is 1. The molecule has 1 aliphatic rings. The molecule has 2 atom stereocenters. The summed E-state index contributed by atoms with van der Waals surface area (Å²) in [5.74, 6) is 2.42. The summed E-state index contributed by atoms with van der Waals surface area (Å²) in [4.78, 5) is 11.5. The van der Waals surface area contributed by atoms with Crippen molar-refractivity contribution in [2.75, 3.05) is 18.1 Å². The molecule has 76 valence electrons. The second-order valence-electron chi connectivity index (χ2n) is 3.48. The third-order valence-corrected chi connectivity index (χ3v) is 3.41. The van der Waals surface area contributed by atoms with E-state index in [0.717, 1.165) is 17.9 Å². The molecule has 1 saturated heterocycles. The van der Waals surface area contributed by atoms with Gasteiger partial charge in [-0.15, -0.1) is 0 Å². The van der Waals surface area contributed by atoms with Gasteiger partial charge in [-0.3, -0.25) is 4.79 Å². The van der Waals surface area contributed by atoms with E-state index in [0.29, 0.717) is 6.42 Å². The van der Waals surface area contributed by atoms with Gasteiger partial charge in [0.25, 0.3) is 0 Å². The van der Waals surface area contributed by atoms with Gasteiger partial charge in [0, 0.05) is 24.3 Å². The Labute approximate surface area is 83.3 Å². The fraction of sp³-hybridized carbons (Fsp3) is 0.889. The first-order chi connectivity index (χ1) is 6.24. The summed E-state index contributed by atoms with van der Waals surface area (Å²) in [6, 6.07) is 0.100. The van der Waals surface area contributed by atoms with Gasteiger partial charge in [0.1, 0.15) is 0 Å². The van der Waals surface area contributed by atoms with E-state index in [2.05, 4.69) is 5.32 Å². The minimum Gasteiger partial charge on any atom is -0.396 e. The second-order valence-corrected chi connectivity index (χ2v) is 4.63. The Morgan fingerprint density at radius 1 is 1.77 bits per heavy atom. The van der Waals surface area contributed by atoms with E-state index in [-0.39, 0.29) is 24.5 Å². The monoisotopic (exact) mass is 203 g/mol. The predicted octanol–water partition coefficient (Wildman–Crippen LogP) is 0.627. The van der Waals surface area contributed by atoms with Crippen molar-refractivity contribution in [1.29, 1.82) is 0 Å². The summed E-state index contributed by atoms with van der Waals surface area (Å²) in [6.45, 7) is 2.07. The van der Waals surface area contributed by atoms with Crippen molar-refractivity contribution in [2.24, 2.45) is 5.92 Å². The molecule has 1 rings (SSSR count). The molecule has 0 bridgehead atoms. The van der Waals surface area contributed by atoms with Crippen molar-refractivity contribution < 1.29 is 9.90 Å². The Bertz CT molecular complexity index is 169. The van der Waals surface area contributed by atoms with E-state index in [1.807, 2.05) is 18.7 Å². The summed E-state index contributed by atoms with van der Waals surface area (Å²) in [5, 5.41) is 11.6. The summed E-state index contributed by atoms with van der Waals surface area (Å²) in [7, 11) is 0. The Morgan fingerprint density at radius 2 is 2.54 bits per heavy atom. The summed E-state index contributed by atoms with van der Waals surface area (Å²) in [6.07, 6.45) is 1.65. The summed E-state index contributed by atoms with van der Waals surface area (Å²) >= 11 is 1.84. The van der Waals surface area contributed by atoms with Gasteiger partial charge in [0.15, 0.2) is 0 Å². The van der Waals surface area contributed by atoms with Gasteiger partial charge in [0.2, 0.25) is 5.91 Å². The number of carbonyl (C=O) groups excluding carboxylic acids is 1. The number of rotatable bonds is 4. The van der Waals surface area contributed by atoms with Crippen molar-refractivity contribution in [3.63, 3.8) is 0 Å². The van der Waals surface area contributed by atoms with Gasteiger partial charge >= 0.3 is 0 Å². The van der Waals surface area contributed by atoms with Gasteiger partial charge in [-0.2, -0.15) is 11.8 Å². The van der Waals surface area contributed by atoms with Crippen LogP contribution < -0.4 is 5.32 Å². The van der Waals surface area contributed by atoms with E-state index < -0.39 is 0 Å². The molecule has 2 unspecified atom stereocenters. The van der Waals surface area contributed by atoms with E-state index >= 15 is 0 Å². The Morgan fingerprint density at radius 3 is 3.08 bits per heavy atom. The third kappa shape index (κ3) is 3.56. The van der Waals surface area contributed by atoms with Crippen LogP contribution in [-0.2, 0) is 4.79 Å². The highest BCUT2D eigenvalue weighted by molar-refractivity contribution is 7.99. The molecule has 2 N–H and O–H groups in total. The lowest BCUT2D eigenvalue weighted by molar-refractivity contribution is -0.124. The molecule has 13 heavy (non-hydrogen) atoms. The van der Waals surface area contributed by atoms with E-state index in [1.165, 1.54) is 0 Å². The molecule has 1 heterocycles. The molecular weight excluding hydrogens is 186 g/mol. The SMILES string of the molecule is CC(CCO)NC(=O)C1CCSC1. The zero-order valence-corrected chi connectivity index (χ0v) is 8.77. The van der Waals surface area contributed by atoms with Crippen LogP contribution in [0.1, 0.15) is 19.8 Å². The van der Waals surface area contributed by atoms with Crippen LogP contribution >= 0.6 is 11.8 Å². The van der Waals surface area contributed by atoms with Gasteiger partial charge in [-0.05, 0) is 25.5 Å². The Hall–Kier alpha value is -0.220. The Kier molecular flexibility index (Phi) is 4.59. The number of hydrogen-bond donors (Lipinski definition) is 2. The van der Waals surface area contributed by atoms with Crippen LogP contribution in [0.2, 0.25) is 0 Å². The lowest BCUT2D eigenvalue weighted by atomic mass is 10.1. The molecule has 4 heteroatoms. The zero-order valence-electron chi connectivity index (χ0n) is 7.95. The highest BCUT2D eigenvalue weighted by Gasteiger charge is 2.23. The van der Waals surface area contributed by atoms with Gasteiger partial charge in [-0.25, -0.2) is 0 Å². The fourth-order valence-electron chi connectivity index (χ4n) is 1.37. The standard InChI is InChI=1S/C9H17NO2S/c1-7(2-4-11)10-9(12)8-3-5-13-6-8/h7-8,11H,2-6H2,1H3,(H,10,12). The number of aliphatic hydroxyl groups excluding tert-OH is 1. The molecule has 1 aliphatic heterocycles. The van der Waals surface area contributed by atoms with Crippen LogP contribution in [0.25, 0.3) is 0 Å². The highest BCUT2D eigenvalue weighted by Crippen LogP contribution is 2.23. The third-order valence-electron chi connectivity index (χ3n) is 2.25. The average molecular weight is 203 g/mol. The molecule has 0 aliphatic carbocycles. The number of hydrogen-bond acceptors (Lipinski definition) is 3. The first kappa shape index (κ1) is 10.9. The van der Waals surface area contributed by atoms with Crippen LogP contribution in [-0.4, -0.2) is 35.2 Å². The van der Waals surface area contributed by atoms with Crippen LogP contribution in [0.5, 0.6) is 0 Å². The summed E-state index contributed by atoms with van der Waals surface area (Å²) < 4.78 is 0. The highest BCUT2D eigenvalue weighted by atomic mass is 32.2. The van der Waals surface area contributed by atoms with Crippen molar-refractivity contribution in [3.8, 4) is 0 Å². The molecule has 3 nitrogen and oxygen atoms in total. The van der Waals surface area contributed by atoms with Crippen molar-refractivity contribution in [3.05, 3.63) is 0 Å². The van der Waals surface area contributed by atoms with Crippen LogP contribution in [0.4, 0.5) is 0 Å². The second kappa shape index (κ2) is 5.50. The molecule has 0 saturated carbocycles. The average Bonchev–Trinajstić information content (AvgIpc) is 2.55. The first-order valence-corrected chi connectivity index (χ1v) is 5.88.